The van der Waals surface area contributed by atoms with E-state index < -0.39 is 0 Å². The zero-order chi connectivity index (χ0) is 15.1. The Morgan fingerprint density at radius 2 is 1.62 bits per heavy atom. The average molecular weight is 285 g/mol. The second kappa shape index (κ2) is 7.33. The van der Waals surface area contributed by atoms with E-state index in [-0.39, 0.29) is 5.91 Å². The van der Waals surface area contributed by atoms with E-state index in [1.165, 1.54) is 0 Å². The van der Waals surface area contributed by atoms with Gasteiger partial charge in [-0.15, -0.1) is 0 Å². The van der Waals surface area contributed by atoms with Crippen molar-refractivity contribution in [2.24, 2.45) is 0 Å². The Labute approximate surface area is 124 Å². The lowest BCUT2D eigenvalue weighted by Gasteiger charge is -2.08. The van der Waals surface area contributed by atoms with Gasteiger partial charge >= 0.3 is 0 Å². The predicted octanol–water partition coefficient (Wildman–Crippen LogP) is 3.74. The Balaban J connectivity index is 2.05. The fraction of sp³-hybridized carbons (Fsp3) is 0.235. The number of rotatable bonds is 6. The first-order valence-corrected chi connectivity index (χ1v) is 7.00. The van der Waals surface area contributed by atoms with Crippen molar-refractivity contribution in [2.75, 3.05) is 18.5 Å². The maximum absolute atomic E-state index is 12.2. The molecule has 0 fully saturated rings. The summed E-state index contributed by atoms with van der Waals surface area (Å²) >= 11 is 0. The smallest absolute Gasteiger partial charge is 0.255 e. The van der Waals surface area contributed by atoms with Crippen LogP contribution in [0.4, 0.5) is 5.69 Å². The molecule has 0 aliphatic heterocycles. The van der Waals surface area contributed by atoms with Gasteiger partial charge in [0.2, 0.25) is 0 Å². The summed E-state index contributed by atoms with van der Waals surface area (Å²) in [5, 5.41) is 2.85. The molecule has 2 aromatic carbocycles. The van der Waals surface area contributed by atoms with Crippen LogP contribution in [0, 0.1) is 0 Å². The molecule has 0 saturated carbocycles. The highest BCUT2D eigenvalue weighted by Gasteiger charge is 2.07. The first-order valence-electron chi connectivity index (χ1n) is 7.00. The van der Waals surface area contributed by atoms with Crippen molar-refractivity contribution in [3.05, 3.63) is 54.1 Å². The highest BCUT2D eigenvalue weighted by atomic mass is 16.5. The third-order valence-electron chi connectivity index (χ3n) is 2.83. The summed E-state index contributed by atoms with van der Waals surface area (Å²) in [5.41, 5.74) is 1.29. The molecule has 0 aromatic heterocycles. The molecule has 0 aliphatic rings. The largest absolute Gasteiger partial charge is 0.494 e. The van der Waals surface area contributed by atoms with E-state index in [0.717, 1.165) is 11.4 Å². The van der Waals surface area contributed by atoms with Crippen molar-refractivity contribution in [1.29, 1.82) is 0 Å². The molecule has 0 unspecified atom stereocenters. The first-order chi connectivity index (χ1) is 10.2. The number of amides is 1. The Morgan fingerprint density at radius 3 is 2.29 bits per heavy atom. The van der Waals surface area contributed by atoms with E-state index >= 15 is 0 Å². The van der Waals surface area contributed by atoms with Crippen molar-refractivity contribution in [3.63, 3.8) is 0 Å². The van der Waals surface area contributed by atoms with Crippen LogP contribution >= 0.6 is 0 Å². The maximum Gasteiger partial charge on any atom is 0.255 e. The van der Waals surface area contributed by atoms with Gasteiger partial charge in [0.1, 0.15) is 11.5 Å². The van der Waals surface area contributed by atoms with Gasteiger partial charge in [0, 0.05) is 11.3 Å². The van der Waals surface area contributed by atoms with E-state index in [2.05, 4.69) is 5.32 Å². The zero-order valence-electron chi connectivity index (χ0n) is 12.3. The number of nitrogens with one attached hydrogen (secondary N) is 1. The van der Waals surface area contributed by atoms with Gasteiger partial charge in [-0.2, -0.15) is 0 Å². The molecular weight excluding hydrogens is 266 g/mol. The van der Waals surface area contributed by atoms with Gasteiger partial charge in [0.15, 0.2) is 0 Å². The molecule has 2 rings (SSSR count). The summed E-state index contributed by atoms with van der Waals surface area (Å²) in [4.78, 5) is 12.2. The molecule has 1 N–H and O–H groups in total. The molecule has 0 spiro atoms. The predicted molar refractivity (Wildman–Crippen MR) is 83.2 cm³/mol. The monoisotopic (exact) mass is 285 g/mol. The molecule has 21 heavy (non-hydrogen) atoms. The van der Waals surface area contributed by atoms with Crippen LogP contribution in [0.2, 0.25) is 0 Å². The molecule has 0 atom stereocenters. The van der Waals surface area contributed by atoms with Crippen molar-refractivity contribution >= 4 is 11.6 Å². The van der Waals surface area contributed by atoms with Crippen molar-refractivity contribution in [2.45, 2.75) is 13.8 Å². The molecule has 1 amide bonds. The average Bonchev–Trinajstić information content (AvgIpc) is 2.50. The summed E-state index contributed by atoms with van der Waals surface area (Å²) in [6.07, 6.45) is 0. The lowest BCUT2D eigenvalue weighted by atomic mass is 10.2. The van der Waals surface area contributed by atoms with Crippen LogP contribution in [0.3, 0.4) is 0 Å². The molecule has 110 valence electrons. The highest BCUT2D eigenvalue weighted by molar-refractivity contribution is 6.04. The minimum Gasteiger partial charge on any atom is -0.494 e. The number of ether oxygens (including phenoxy) is 2. The molecule has 4 heteroatoms. The van der Waals surface area contributed by atoms with Gasteiger partial charge in [-0.25, -0.2) is 0 Å². The summed E-state index contributed by atoms with van der Waals surface area (Å²) in [5.74, 6) is 1.31. The quantitative estimate of drug-likeness (QED) is 0.879. The van der Waals surface area contributed by atoms with Crippen LogP contribution in [0.15, 0.2) is 48.5 Å². The van der Waals surface area contributed by atoms with Crippen LogP contribution in [-0.2, 0) is 0 Å². The molecule has 2 aromatic rings. The number of benzene rings is 2. The molecule has 0 heterocycles. The zero-order valence-corrected chi connectivity index (χ0v) is 12.3. The molecule has 4 nitrogen and oxygen atoms in total. The topological polar surface area (TPSA) is 47.6 Å². The van der Waals surface area contributed by atoms with E-state index in [4.69, 9.17) is 9.47 Å². The number of anilines is 1. The molecule has 0 bridgehead atoms. The summed E-state index contributed by atoms with van der Waals surface area (Å²) in [6, 6.07) is 14.4. The molecular formula is C17H19NO3. The third-order valence-corrected chi connectivity index (χ3v) is 2.83. The van der Waals surface area contributed by atoms with Crippen LogP contribution < -0.4 is 14.8 Å². The van der Waals surface area contributed by atoms with Crippen molar-refractivity contribution in [3.8, 4) is 11.5 Å². The lowest BCUT2D eigenvalue weighted by Crippen LogP contribution is -2.11. The van der Waals surface area contributed by atoms with E-state index in [0.29, 0.717) is 24.5 Å². The Morgan fingerprint density at radius 1 is 0.952 bits per heavy atom. The fourth-order valence-electron chi connectivity index (χ4n) is 1.90. The van der Waals surface area contributed by atoms with E-state index in [1.807, 2.05) is 44.2 Å². The normalized spacial score (nSPS) is 10.0. The van der Waals surface area contributed by atoms with Gasteiger partial charge in [0.05, 0.1) is 13.2 Å². The lowest BCUT2D eigenvalue weighted by molar-refractivity contribution is 0.102. The van der Waals surface area contributed by atoms with Gasteiger partial charge < -0.3 is 14.8 Å². The Hall–Kier alpha value is -2.49. The van der Waals surface area contributed by atoms with Crippen LogP contribution in [0.5, 0.6) is 11.5 Å². The number of carbonyl (C=O) groups excluding carboxylic acids is 1. The highest BCUT2D eigenvalue weighted by Crippen LogP contribution is 2.18. The summed E-state index contributed by atoms with van der Waals surface area (Å²) < 4.78 is 10.8. The number of hydrogen-bond donors (Lipinski definition) is 1. The van der Waals surface area contributed by atoms with Gasteiger partial charge in [-0.3, -0.25) is 4.79 Å². The Kier molecular flexibility index (Phi) is 5.21. The van der Waals surface area contributed by atoms with Gasteiger partial charge in [-0.05, 0) is 56.3 Å². The summed E-state index contributed by atoms with van der Waals surface area (Å²) in [6.45, 7) is 5.04. The standard InChI is InChI=1S/C17H19NO3/c1-3-20-15-10-8-14(9-11-15)18-17(19)13-6-5-7-16(12-13)21-4-2/h5-12H,3-4H2,1-2H3,(H,18,19). The first kappa shape index (κ1) is 14.9. The minimum atomic E-state index is -0.166. The summed E-state index contributed by atoms with van der Waals surface area (Å²) in [7, 11) is 0. The maximum atomic E-state index is 12.2. The molecule has 0 saturated heterocycles. The second-order valence-electron chi connectivity index (χ2n) is 4.37. The SMILES string of the molecule is CCOc1ccc(NC(=O)c2cccc(OCC)c2)cc1. The van der Waals surface area contributed by atoms with Gasteiger partial charge in [-0.1, -0.05) is 6.07 Å². The van der Waals surface area contributed by atoms with Crippen LogP contribution in [-0.4, -0.2) is 19.1 Å². The number of carbonyl (C=O) groups is 1. The third kappa shape index (κ3) is 4.24. The van der Waals surface area contributed by atoms with Crippen LogP contribution in [0.25, 0.3) is 0 Å². The fourth-order valence-corrected chi connectivity index (χ4v) is 1.90. The van der Waals surface area contributed by atoms with Crippen LogP contribution in [0.1, 0.15) is 24.2 Å². The number of hydrogen-bond acceptors (Lipinski definition) is 3. The van der Waals surface area contributed by atoms with E-state index in [1.54, 1.807) is 18.2 Å². The van der Waals surface area contributed by atoms with Crippen molar-refractivity contribution in [1.82, 2.24) is 0 Å². The second-order valence-corrected chi connectivity index (χ2v) is 4.37. The van der Waals surface area contributed by atoms with E-state index in [9.17, 15) is 4.79 Å². The molecule has 0 radical (unpaired) electrons. The minimum absolute atomic E-state index is 0.166. The Bertz CT molecular complexity index is 593. The van der Waals surface area contributed by atoms with Crippen molar-refractivity contribution < 1.29 is 14.3 Å². The van der Waals surface area contributed by atoms with Gasteiger partial charge in [0.25, 0.3) is 5.91 Å². The molecule has 0 aliphatic carbocycles.